The minimum absolute atomic E-state index is 0.189. The van der Waals surface area contributed by atoms with Gasteiger partial charge in [0.25, 0.3) is 0 Å². The van der Waals surface area contributed by atoms with Crippen LogP contribution in [0.2, 0.25) is 0 Å². The van der Waals surface area contributed by atoms with Gasteiger partial charge >= 0.3 is 0 Å². The summed E-state index contributed by atoms with van der Waals surface area (Å²) in [5.41, 5.74) is 10.8. The van der Waals surface area contributed by atoms with Gasteiger partial charge in [-0.25, -0.2) is 0 Å². The molecule has 0 aromatic carbocycles. The Labute approximate surface area is 79.9 Å². The maximum Gasteiger partial charge on any atom is 0.0552 e. The van der Waals surface area contributed by atoms with Crippen LogP contribution in [-0.2, 0) is 0 Å². The molecule has 0 aromatic heterocycles. The molecule has 0 fully saturated rings. The Morgan fingerprint density at radius 2 is 1.82 bits per heavy atom. The van der Waals surface area contributed by atoms with Gasteiger partial charge in [0, 0.05) is 0 Å². The molecule has 0 spiro atoms. The molecule has 4 N–H and O–H groups in total. The van der Waals surface area contributed by atoms with Crippen molar-refractivity contribution in [2.45, 2.75) is 42.9 Å². The van der Waals surface area contributed by atoms with Crippen molar-refractivity contribution in [2.75, 3.05) is 0 Å². The molecule has 0 radical (unpaired) electrons. The number of hydrogen-bond donors (Lipinski definition) is 4. The number of rotatable bonds is 5. The lowest BCUT2D eigenvalue weighted by molar-refractivity contribution is 0.553. The van der Waals surface area contributed by atoms with Gasteiger partial charge < -0.3 is 11.5 Å². The van der Waals surface area contributed by atoms with Crippen molar-refractivity contribution in [1.29, 1.82) is 0 Å². The summed E-state index contributed by atoms with van der Waals surface area (Å²) in [6, 6.07) is 0. The standard InChI is InChI=1S/C7H18N2S2/c1-2-4-7(10,11)5-3-6(8)9/h6,10-11H,2-5,8-9H2,1H3. The van der Waals surface area contributed by atoms with E-state index in [9.17, 15) is 0 Å². The fraction of sp³-hybridized carbons (Fsp3) is 1.00. The molecule has 0 rings (SSSR count). The molecule has 4 heteroatoms. The van der Waals surface area contributed by atoms with Gasteiger partial charge in [0.1, 0.15) is 0 Å². The first-order valence-electron chi connectivity index (χ1n) is 3.94. The highest BCUT2D eigenvalue weighted by Gasteiger charge is 2.18. The summed E-state index contributed by atoms with van der Waals surface area (Å²) in [5, 5.41) is 0. The summed E-state index contributed by atoms with van der Waals surface area (Å²) >= 11 is 8.79. The highest BCUT2D eigenvalue weighted by Crippen LogP contribution is 2.30. The summed E-state index contributed by atoms with van der Waals surface area (Å²) in [5.74, 6) is 0. The number of thiol groups is 2. The van der Waals surface area contributed by atoms with E-state index in [1.54, 1.807) is 0 Å². The van der Waals surface area contributed by atoms with E-state index in [4.69, 9.17) is 11.5 Å². The Balaban J connectivity index is 3.54. The maximum absolute atomic E-state index is 5.41. The quantitative estimate of drug-likeness (QED) is 0.395. The van der Waals surface area contributed by atoms with E-state index in [0.29, 0.717) is 0 Å². The predicted octanol–water partition coefficient (Wildman–Crippen LogP) is 1.37. The molecule has 0 aliphatic carbocycles. The van der Waals surface area contributed by atoms with Gasteiger partial charge in [0.2, 0.25) is 0 Å². The van der Waals surface area contributed by atoms with Crippen molar-refractivity contribution < 1.29 is 0 Å². The van der Waals surface area contributed by atoms with E-state index in [0.717, 1.165) is 25.7 Å². The first-order chi connectivity index (χ1) is 4.98. The van der Waals surface area contributed by atoms with Crippen molar-refractivity contribution in [3.05, 3.63) is 0 Å². The second-order valence-electron chi connectivity index (χ2n) is 2.93. The summed E-state index contributed by atoms with van der Waals surface area (Å²) < 4.78 is -0.189. The highest BCUT2D eigenvalue weighted by atomic mass is 32.2. The molecule has 0 heterocycles. The zero-order valence-electron chi connectivity index (χ0n) is 6.95. The van der Waals surface area contributed by atoms with Crippen LogP contribution in [0.15, 0.2) is 0 Å². The normalized spacial score (nSPS) is 12.5. The van der Waals surface area contributed by atoms with Crippen molar-refractivity contribution in [3.63, 3.8) is 0 Å². The molecule has 68 valence electrons. The second-order valence-corrected chi connectivity index (χ2v) is 5.00. The zero-order valence-corrected chi connectivity index (χ0v) is 8.74. The van der Waals surface area contributed by atoms with Crippen molar-refractivity contribution in [3.8, 4) is 0 Å². The van der Waals surface area contributed by atoms with Crippen LogP contribution in [0.25, 0.3) is 0 Å². The van der Waals surface area contributed by atoms with Gasteiger partial charge in [-0.1, -0.05) is 13.3 Å². The Bertz CT molecular complexity index is 105. The largest absolute Gasteiger partial charge is 0.316 e. The predicted molar refractivity (Wildman–Crippen MR) is 57.0 cm³/mol. The Kier molecular flexibility index (Phi) is 5.60. The molecular formula is C7H18N2S2. The Morgan fingerprint density at radius 1 is 1.27 bits per heavy atom. The molecule has 0 aliphatic rings. The van der Waals surface area contributed by atoms with Crippen LogP contribution in [-0.4, -0.2) is 10.2 Å². The lowest BCUT2D eigenvalue weighted by atomic mass is 10.1. The van der Waals surface area contributed by atoms with E-state index < -0.39 is 0 Å². The summed E-state index contributed by atoms with van der Waals surface area (Å²) in [7, 11) is 0. The lowest BCUT2D eigenvalue weighted by Crippen LogP contribution is -2.32. The van der Waals surface area contributed by atoms with E-state index >= 15 is 0 Å². The van der Waals surface area contributed by atoms with Crippen LogP contribution in [0, 0.1) is 0 Å². The van der Waals surface area contributed by atoms with Gasteiger partial charge in [0.15, 0.2) is 0 Å². The van der Waals surface area contributed by atoms with Crippen LogP contribution in [0.3, 0.4) is 0 Å². The van der Waals surface area contributed by atoms with Gasteiger partial charge in [0.05, 0.1) is 10.2 Å². The summed E-state index contributed by atoms with van der Waals surface area (Å²) in [6.45, 7) is 2.11. The van der Waals surface area contributed by atoms with E-state index in [1.807, 2.05) is 0 Å². The van der Waals surface area contributed by atoms with Gasteiger partial charge in [-0.15, -0.1) is 0 Å². The van der Waals surface area contributed by atoms with Crippen LogP contribution < -0.4 is 11.5 Å². The lowest BCUT2D eigenvalue weighted by Gasteiger charge is -2.22. The van der Waals surface area contributed by atoms with Crippen molar-refractivity contribution >= 4 is 25.3 Å². The third-order valence-electron chi connectivity index (χ3n) is 1.53. The smallest absolute Gasteiger partial charge is 0.0552 e. The SMILES string of the molecule is CCCC(S)(S)CCC(N)N. The van der Waals surface area contributed by atoms with Gasteiger partial charge in [-0.05, 0) is 19.3 Å². The molecule has 0 unspecified atom stereocenters. The van der Waals surface area contributed by atoms with E-state index in [2.05, 4.69) is 32.2 Å². The monoisotopic (exact) mass is 194 g/mol. The minimum atomic E-state index is -0.231. The summed E-state index contributed by atoms with van der Waals surface area (Å²) in [4.78, 5) is 0. The third kappa shape index (κ3) is 7.00. The number of nitrogens with two attached hydrogens (primary N) is 2. The minimum Gasteiger partial charge on any atom is -0.316 e. The number of hydrogen-bond acceptors (Lipinski definition) is 4. The van der Waals surface area contributed by atoms with Crippen molar-refractivity contribution in [1.82, 2.24) is 0 Å². The second kappa shape index (κ2) is 5.30. The molecule has 0 saturated carbocycles. The molecule has 0 atom stereocenters. The topological polar surface area (TPSA) is 52.0 Å². The van der Waals surface area contributed by atoms with Gasteiger partial charge in [-0.3, -0.25) is 0 Å². The molecule has 0 amide bonds. The van der Waals surface area contributed by atoms with Crippen LogP contribution in [0.4, 0.5) is 0 Å². The van der Waals surface area contributed by atoms with Crippen LogP contribution in [0.1, 0.15) is 32.6 Å². The van der Waals surface area contributed by atoms with E-state index in [1.165, 1.54) is 0 Å². The van der Waals surface area contributed by atoms with Crippen molar-refractivity contribution in [2.24, 2.45) is 11.5 Å². The Hall–Kier alpha value is 0.620. The molecular weight excluding hydrogens is 176 g/mol. The first kappa shape index (κ1) is 11.6. The fourth-order valence-electron chi connectivity index (χ4n) is 0.923. The van der Waals surface area contributed by atoms with Crippen LogP contribution >= 0.6 is 25.3 Å². The molecule has 0 aromatic rings. The molecule has 11 heavy (non-hydrogen) atoms. The maximum atomic E-state index is 5.41. The fourth-order valence-corrected chi connectivity index (χ4v) is 1.63. The Morgan fingerprint density at radius 3 is 2.18 bits per heavy atom. The first-order valence-corrected chi connectivity index (χ1v) is 4.83. The van der Waals surface area contributed by atoms with E-state index in [-0.39, 0.29) is 10.2 Å². The third-order valence-corrected chi connectivity index (χ3v) is 2.42. The molecule has 0 aliphatic heterocycles. The van der Waals surface area contributed by atoms with Crippen LogP contribution in [0.5, 0.6) is 0 Å². The summed E-state index contributed by atoms with van der Waals surface area (Å²) in [6.07, 6.45) is 3.50. The molecule has 0 saturated heterocycles. The average molecular weight is 194 g/mol. The van der Waals surface area contributed by atoms with Gasteiger partial charge in [-0.2, -0.15) is 25.3 Å². The molecule has 2 nitrogen and oxygen atoms in total. The average Bonchev–Trinajstić information content (AvgIpc) is 1.84. The zero-order chi connectivity index (χ0) is 8.91. The molecule has 0 bridgehead atoms. The highest BCUT2D eigenvalue weighted by molar-refractivity contribution is 8.00.